The number of carbonyl (C=O) groups is 1. The van der Waals surface area contributed by atoms with Crippen LogP contribution in [0.25, 0.3) is 0 Å². The average Bonchev–Trinajstić information content (AvgIpc) is 2.73. The first-order chi connectivity index (χ1) is 13.9. The molecule has 1 heterocycles. The predicted octanol–water partition coefficient (Wildman–Crippen LogP) is 3.29. The minimum Gasteiger partial charge on any atom is -0.356 e. The number of rotatable bonds is 8. The van der Waals surface area contributed by atoms with Crippen LogP contribution in [0.5, 0.6) is 0 Å². The fourth-order valence-corrected chi connectivity index (χ4v) is 5.24. The van der Waals surface area contributed by atoms with Gasteiger partial charge in [-0.2, -0.15) is 0 Å². The highest BCUT2D eigenvalue weighted by molar-refractivity contribution is 7.88. The van der Waals surface area contributed by atoms with Crippen molar-refractivity contribution in [1.82, 2.24) is 9.62 Å². The molecule has 0 aliphatic carbocycles. The molecule has 3 rings (SSSR count). The van der Waals surface area contributed by atoms with E-state index in [9.17, 15) is 13.2 Å². The van der Waals surface area contributed by atoms with Crippen LogP contribution in [0.15, 0.2) is 54.6 Å². The smallest absolute Gasteiger partial charge is 0.223 e. The van der Waals surface area contributed by atoms with Crippen molar-refractivity contribution in [2.75, 3.05) is 19.6 Å². The molecular formula is C23H30N2O3S. The molecule has 1 saturated heterocycles. The van der Waals surface area contributed by atoms with Crippen LogP contribution < -0.4 is 5.32 Å². The second-order valence-electron chi connectivity index (χ2n) is 7.80. The van der Waals surface area contributed by atoms with E-state index in [1.54, 1.807) is 0 Å². The van der Waals surface area contributed by atoms with Gasteiger partial charge in [0.2, 0.25) is 15.9 Å². The molecular weight excluding hydrogens is 384 g/mol. The van der Waals surface area contributed by atoms with Gasteiger partial charge in [0.25, 0.3) is 0 Å². The van der Waals surface area contributed by atoms with Gasteiger partial charge in [0.15, 0.2) is 0 Å². The summed E-state index contributed by atoms with van der Waals surface area (Å²) in [7, 11) is -3.34. The quantitative estimate of drug-likeness (QED) is 0.674. The molecule has 0 atom stereocenters. The Bertz CT molecular complexity index is 887. The van der Waals surface area contributed by atoms with Gasteiger partial charge in [-0.15, -0.1) is 0 Å². The van der Waals surface area contributed by atoms with Crippen molar-refractivity contribution in [3.8, 4) is 0 Å². The highest BCUT2D eigenvalue weighted by Crippen LogP contribution is 2.22. The standard InChI is InChI=1S/C23H30N2O3S/c1-19-9-11-20(12-10-19)8-5-15-24-23(26)22-13-16-25(17-14-22)29(27,28)18-21-6-3-2-4-7-21/h2-4,6-7,9-12,22H,5,8,13-18H2,1H3,(H,24,26). The lowest BCUT2D eigenvalue weighted by Crippen LogP contribution is -2.43. The van der Waals surface area contributed by atoms with Gasteiger partial charge in [-0.25, -0.2) is 12.7 Å². The number of benzene rings is 2. The maximum atomic E-state index is 12.6. The number of nitrogens with one attached hydrogen (secondary N) is 1. The van der Waals surface area contributed by atoms with E-state index in [4.69, 9.17) is 0 Å². The van der Waals surface area contributed by atoms with Crippen molar-refractivity contribution >= 4 is 15.9 Å². The molecule has 1 N–H and O–H groups in total. The van der Waals surface area contributed by atoms with Gasteiger partial charge in [-0.1, -0.05) is 60.2 Å². The van der Waals surface area contributed by atoms with Crippen molar-refractivity contribution < 1.29 is 13.2 Å². The van der Waals surface area contributed by atoms with Crippen LogP contribution in [0, 0.1) is 12.8 Å². The summed E-state index contributed by atoms with van der Waals surface area (Å²) in [5, 5.41) is 3.02. The monoisotopic (exact) mass is 414 g/mol. The van der Waals surface area contributed by atoms with E-state index < -0.39 is 10.0 Å². The maximum absolute atomic E-state index is 12.6. The van der Waals surface area contributed by atoms with Crippen LogP contribution >= 0.6 is 0 Å². The molecule has 1 fully saturated rings. The van der Waals surface area contributed by atoms with Crippen LogP contribution in [-0.2, 0) is 27.0 Å². The minimum atomic E-state index is -3.34. The predicted molar refractivity (Wildman–Crippen MR) is 116 cm³/mol. The fourth-order valence-electron chi connectivity index (χ4n) is 3.68. The summed E-state index contributed by atoms with van der Waals surface area (Å²) < 4.78 is 26.8. The third-order valence-corrected chi connectivity index (χ3v) is 7.32. The van der Waals surface area contributed by atoms with Crippen molar-refractivity contribution in [3.63, 3.8) is 0 Å². The van der Waals surface area contributed by atoms with E-state index in [1.165, 1.54) is 15.4 Å². The number of aryl methyl sites for hydroxylation is 2. The first-order valence-electron chi connectivity index (χ1n) is 10.3. The summed E-state index contributed by atoms with van der Waals surface area (Å²) in [4.78, 5) is 12.4. The van der Waals surface area contributed by atoms with Gasteiger partial charge < -0.3 is 5.32 Å². The summed E-state index contributed by atoms with van der Waals surface area (Å²) >= 11 is 0. The van der Waals surface area contributed by atoms with Crippen LogP contribution in [-0.4, -0.2) is 38.3 Å². The van der Waals surface area contributed by atoms with E-state index >= 15 is 0 Å². The number of nitrogens with zero attached hydrogens (tertiary/aromatic N) is 1. The molecule has 0 bridgehead atoms. The molecule has 0 spiro atoms. The summed E-state index contributed by atoms with van der Waals surface area (Å²) in [6.07, 6.45) is 3.01. The number of amides is 1. The molecule has 0 unspecified atom stereocenters. The van der Waals surface area contributed by atoms with Crippen molar-refractivity contribution in [2.24, 2.45) is 5.92 Å². The van der Waals surface area contributed by atoms with Gasteiger partial charge >= 0.3 is 0 Å². The minimum absolute atomic E-state index is 0.0176. The molecule has 2 aromatic rings. The van der Waals surface area contributed by atoms with E-state index in [0.717, 1.165) is 18.4 Å². The molecule has 1 aliphatic rings. The molecule has 1 amide bonds. The fraction of sp³-hybridized carbons (Fsp3) is 0.435. The lowest BCUT2D eigenvalue weighted by atomic mass is 9.97. The Morgan fingerprint density at radius 2 is 1.66 bits per heavy atom. The topological polar surface area (TPSA) is 66.5 Å². The van der Waals surface area contributed by atoms with E-state index in [-0.39, 0.29) is 17.6 Å². The highest BCUT2D eigenvalue weighted by Gasteiger charge is 2.30. The molecule has 1 aliphatic heterocycles. The Hall–Kier alpha value is -2.18. The lowest BCUT2D eigenvalue weighted by molar-refractivity contribution is -0.126. The van der Waals surface area contributed by atoms with Gasteiger partial charge in [0.1, 0.15) is 0 Å². The van der Waals surface area contributed by atoms with Crippen molar-refractivity contribution in [1.29, 1.82) is 0 Å². The highest BCUT2D eigenvalue weighted by atomic mass is 32.2. The van der Waals surface area contributed by atoms with Gasteiger partial charge in [-0.3, -0.25) is 4.79 Å². The number of hydrogen-bond acceptors (Lipinski definition) is 3. The maximum Gasteiger partial charge on any atom is 0.223 e. The van der Waals surface area contributed by atoms with E-state index in [1.807, 2.05) is 30.3 Å². The number of sulfonamides is 1. The molecule has 2 aromatic carbocycles. The SMILES string of the molecule is Cc1ccc(CCCNC(=O)C2CCN(S(=O)(=O)Cc3ccccc3)CC2)cc1. The average molecular weight is 415 g/mol. The molecule has 0 aromatic heterocycles. The Kier molecular flexibility index (Phi) is 7.45. The number of carbonyl (C=O) groups excluding carboxylic acids is 1. The van der Waals surface area contributed by atoms with Crippen LogP contribution in [0.3, 0.4) is 0 Å². The largest absolute Gasteiger partial charge is 0.356 e. The summed E-state index contributed by atoms with van der Waals surface area (Å²) in [5.41, 5.74) is 3.32. The molecule has 5 nitrogen and oxygen atoms in total. The third kappa shape index (κ3) is 6.41. The van der Waals surface area contributed by atoms with Gasteiger partial charge in [-0.05, 0) is 43.7 Å². The molecule has 0 radical (unpaired) electrons. The van der Waals surface area contributed by atoms with Crippen molar-refractivity contribution in [2.45, 2.75) is 38.4 Å². The Balaban J connectivity index is 1.39. The molecule has 29 heavy (non-hydrogen) atoms. The second kappa shape index (κ2) is 10.0. The molecule has 156 valence electrons. The first-order valence-corrected chi connectivity index (χ1v) is 11.9. The zero-order valence-electron chi connectivity index (χ0n) is 17.0. The van der Waals surface area contributed by atoms with E-state index in [0.29, 0.717) is 32.5 Å². The van der Waals surface area contributed by atoms with Crippen LogP contribution in [0.4, 0.5) is 0 Å². The Morgan fingerprint density at radius 1 is 1.00 bits per heavy atom. The van der Waals surface area contributed by atoms with Crippen LogP contribution in [0.2, 0.25) is 0 Å². The zero-order valence-corrected chi connectivity index (χ0v) is 17.8. The van der Waals surface area contributed by atoms with Gasteiger partial charge in [0, 0.05) is 25.6 Å². The van der Waals surface area contributed by atoms with E-state index in [2.05, 4.69) is 36.5 Å². The van der Waals surface area contributed by atoms with Crippen molar-refractivity contribution in [3.05, 3.63) is 71.3 Å². The summed E-state index contributed by atoms with van der Waals surface area (Å²) in [5.74, 6) is -0.0319. The zero-order chi connectivity index (χ0) is 20.7. The second-order valence-corrected chi connectivity index (χ2v) is 9.76. The van der Waals surface area contributed by atoms with Crippen LogP contribution in [0.1, 0.15) is 36.0 Å². The Morgan fingerprint density at radius 3 is 2.31 bits per heavy atom. The first kappa shape index (κ1) is 21.5. The Labute approximate surface area is 174 Å². The third-order valence-electron chi connectivity index (χ3n) is 5.47. The van der Waals surface area contributed by atoms with Gasteiger partial charge in [0.05, 0.1) is 5.75 Å². The lowest BCUT2D eigenvalue weighted by Gasteiger charge is -2.30. The number of hydrogen-bond donors (Lipinski definition) is 1. The summed E-state index contributed by atoms with van der Waals surface area (Å²) in [6.45, 7) is 3.55. The normalized spacial score (nSPS) is 15.9. The molecule has 6 heteroatoms. The number of piperidine rings is 1. The summed E-state index contributed by atoms with van der Waals surface area (Å²) in [6, 6.07) is 17.7. The molecule has 0 saturated carbocycles.